The summed E-state index contributed by atoms with van der Waals surface area (Å²) in [6.07, 6.45) is 0.283. The fraction of sp³-hybridized carbons (Fsp3) is 0.321. The highest BCUT2D eigenvalue weighted by molar-refractivity contribution is 5.75. The molecule has 7 nitrogen and oxygen atoms in total. The van der Waals surface area contributed by atoms with E-state index in [1.807, 2.05) is 48.5 Å². The van der Waals surface area contributed by atoms with Crippen LogP contribution in [0.1, 0.15) is 22.8 Å². The number of aromatic hydroxyl groups is 1. The quantitative estimate of drug-likeness (QED) is 0.424. The van der Waals surface area contributed by atoms with Gasteiger partial charge in [0.25, 0.3) is 0 Å². The predicted molar refractivity (Wildman–Crippen MR) is 130 cm³/mol. The van der Waals surface area contributed by atoms with E-state index in [1.54, 1.807) is 32.4 Å². The first-order chi connectivity index (χ1) is 17.0. The predicted octanol–water partition coefficient (Wildman–Crippen LogP) is 4.10. The highest BCUT2D eigenvalue weighted by Gasteiger charge is 2.37. The summed E-state index contributed by atoms with van der Waals surface area (Å²) in [7, 11) is 3.19. The van der Waals surface area contributed by atoms with E-state index in [9.17, 15) is 15.0 Å². The van der Waals surface area contributed by atoms with Gasteiger partial charge in [-0.05, 0) is 53.8 Å². The van der Waals surface area contributed by atoms with Crippen molar-refractivity contribution in [3.8, 4) is 23.0 Å². The highest BCUT2D eigenvalue weighted by Crippen LogP contribution is 2.35. The number of aliphatic hydroxyl groups excluding tert-OH is 1. The highest BCUT2D eigenvalue weighted by atomic mass is 16.5. The van der Waals surface area contributed by atoms with Crippen molar-refractivity contribution in [2.24, 2.45) is 11.8 Å². The van der Waals surface area contributed by atoms with Crippen LogP contribution in [0.25, 0.3) is 0 Å². The van der Waals surface area contributed by atoms with Gasteiger partial charge in [0.1, 0.15) is 12.7 Å². The molecule has 0 aromatic heterocycles. The van der Waals surface area contributed by atoms with Crippen LogP contribution in [0, 0.1) is 11.8 Å². The summed E-state index contributed by atoms with van der Waals surface area (Å²) in [5.41, 5.74) is 2.60. The fourth-order valence-electron chi connectivity index (χ4n) is 4.36. The summed E-state index contributed by atoms with van der Waals surface area (Å²) in [6.45, 7) is 0.344. The zero-order chi connectivity index (χ0) is 24.8. The van der Waals surface area contributed by atoms with Gasteiger partial charge in [0.05, 0.1) is 26.7 Å². The average molecular weight is 479 g/mol. The molecule has 0 amide bonds. The number of hydrogen-bond donors (Lipinski definition) is 2. The number of carbonyl (C=O) groups excluding carboxylic acids is 1. The lowest BCUT2D eigenvalue weighted by atomic mass is 9.85. The van der Waals surface area contributed by atoms with Gasteiger partial charge >= 0.3 is 5.97 Å². The van der Waals surface area contributed by atoms with Gasteiger partial charge in [-0.2, -0.15) is 0 Å². The number of carbonyl (C=O) groups is 1. The van der Waals surface area contributed by atoms with E-state index in [0.717, 1.165) is 16.7 Å². The molecule has 1 saturated heterocycles. The second-order valence-electron chi connectivity index (χ2n) is 8.63. The molecular formula is C28H30O7. The van der Waals surface area contributed by atoms with Crippen LogP contribution < -0.4 is 14.2 Å². The molecule has 0 aliphatic carbocycles. The Kier molecular flexibility index (Phi) is 7.77. The molecule has 1 aliphatic heterocycles. The molecule has 0 bridgehead atoms. The molecular weight excluding hydrogens is 448 g/mol. The molecule has 1 heterocycles. The van der Waals surface area contributed by atoms with Crippen molar-refractivity contribution in [3.05, 3.63) is 83.4 Å². The Balaban J connectivity index is 1.44. The van der Waals surface area contributed by atoms with E-state index in [1.165, 1.54) is 0 Å². The summed E-state index contributed by atoms with van der Waals surface area (Å²) in [5.74, 6) is 0.982. The van der Waals surface area contributed by atoms with Crippen molar-refractivity contribution in [1.82, 2.24) is 0 Å². The standard InChI is InChI=1S/C28H30O7/c1-32-25-11-9-18(15-27(25)33-2)12-21-16-35-28(31)22(21)13-19-8-10-23(29)26(14-19)34-17-24(30)20-6-4-3-5-7-20/h3-11,14-15,21-22,24,29-30H,12-13,16-17H2,1-2H3/t21-,22+,24?/m0/s1. The number of phenols is 1. The molecule has 3 aromatic carbocycles. The van der Waals surface area contributed by atoms with Gasteiger partial charge in [0.15, 0.2) is 23.0 Å². The Hall–Kier alpha value is -3.71. The van der Waals surface area contributed by atoms with Gasteiger partial charge in [0, 0.05) is 5.92 Å². The monoisotopic (exact) mass is 478 g/mol. The van der Waals surface area contributed by atoms with Crippen molar-refractivity contribution < 1.29 is 34.0 Å². The number of esters is 1. The SMILES string of the molecule is COc1ccc(C[C@H]2COC(=O)[C@@H]2Cc2ccc(O)c(OCC(O)c3ccccc3)c2)cc1OC. The van der Waals surface area contributed by atoms with Gasteiger partial charge in [-0.25, -0.2) is 0 Å². The smallest absolute Gasteiger partial charge is 0.309 e. The second kappa shape index (κ2) is 11.1. The van der Waals surface area contributed by atoms with Crippen LogP contribution in [0.4, 0.5) is 0 Å². The number of rotatable bonds is 10. The average Bonchev–Trinajstić information content (AvgIpc) is 3.22. The minimum absolute atomic E-state index is 0.00123. The zero-order valence-corrected chi connectivity index (χ0v) is 19.8. The molecule has 35 heavy (non-hydrogen) atoms. The van der Waals surface area contributed by atoms with Gasteiger partial charge in [-0.3, -0.25) is 4.79 Å². The van der Waals surface area contributed by atoms with Crippen LogP contribution in [0.5, 0.6) is 23.0 Å². The maximum atomic E-state index is 12.5. The lowest BCUT2D eigenvalue weighted by molar-refractivity contribution is -0.141. The molecule has 1 aliphatic rings. The molecule has 184 valence electrons. The Bertz CT molecular complexity index is 1150. The molecule has 0 spiro atoms. The van der Waals surface area contributed by atoms with E-state index in [4.69, 9.17) is 18.9 Å². The van der Waals surface area contributed by atoms with Crippen molar-refractivity contribution in [2.75, 3.05) is 27.4 Å². The zero-order valence-electron chi connectivity index (χ0n) is 19.8. The minimum Gasteiger partial charge on any atom is -0.504 e. The normalized spacial score (nSPS) is 18.1. The number of cyclic esters (lactones) is 1. The molecule has 1 unspecified atom stereocenters. The number of ether oxygens (including phenoxy) is 4. The Labute approximate surface area is 204 Å². The summed E-state index contributed by atoms with van der Waals surface area (Å²) < 4.78 is 21.8. The Morgan fingerprint density at radius 3 is 2.34 bits per heavy atom. The van der Waals surface area contributed by atoms with E-state index >= 15 is 0 Å². The summed E-state index contributed by atoms with van der Waals surface area (Å²) in [4.78, 5) is 12.5. The molecule has 4 rings (SSSR count). The van der Waals surface area contributed by atoms with Crippen LogP contribution in [0.3, 0.4) is 0 Å². The topological polar surface area (TPSA) is 94.5 Å². The van der Waals surface area contributed by atoms with Gasteiger partial charge in [-0.15, -0.1) is 0 Å². The maximum Gasteiger partial charge on any atom is 0.309 e. The molecule has 1 fully saturated rings. The van der Waals surface area contributed by atoms with Crippen molar-refractivity contribution in [2.45, 2.75) is 18.9 Å². The third-order valence-corrected chi connectivity index (χ3v) is 6.32. The number of aliphatic hydroxyl groups is 1. The first kappa shape index (κ1) is 24.4. The molecule has 0 radical (unpaired) electrons. The number of benzene rings is 3. The Morgan fingerprint density at radius 1 is 0.914 bits per heavy atom. The molecule has 7 heteroatoms. The number of phenolic OH excluding ortho intramolecular Hbond substituents is 1. The fourth-order valence-corrected chi connectivity index (χ4v) is 4.36. The van der Waals surface area contributed by atoms with Gasteiger partial charge in [-0.1, -0.05) is 42.5 Å². The maximum absolute atomic E-state index is 12.5. The van der Waals surface area contributed by atoms with Crippen LogP contribution in [0.2, 0.25) is 0 Å². The number of methoxy groups -OCH3 is 2. The van der Waals surface area contributed by atoms with E-state index < -0.39 is 6.10 Å². The summed E-state index contributed by atoms with van der Waals surface area (Å²) in [6, 6.07) is 20.0. The molecule has 3 aromatic rings. The second-order valence-corrected chi connectivity index (χ2v) is 8.63. The Morgan fingerprint density at radius 2 is 1.60 bits per heavy atom. The summed E-state index contributed by atoms with van der Waals surface area (Å²) >= 11 is 0. The van der Waals surface area contributed by atoms with Crippen molar-refractivity contribution >= 4 is 5.97 Å². The van der Waals surface area contributed by atoms with Crippen LogP contribution in [-0.4, -0.2) is 43.6 Å². The van der Waals surface area contributed by atoms with Crippen molar-refractivity contribution in [1.29, 1.82) is 0 Å². The van der Waals surface area contributed by atoms with Crippen LogP contribution in [-0.2, 0) is 22.4 Å². The largest absolute Gasteiger partial charge is 0.504 e. The van der Waals surface area contributed by atoms with Crippen LogP contribution in [0.15, 0.2) is 66.7 Å². The first-order valence-electron chi connectivity index (χ1n) is 11.5. The first-order valence-corrected chi connectivity index (χ1v) is 11.5. The summed E-state index contributed by atoms with van der Waals surface area (Å²) in [5, 5.41) is 20.6. The molecule has 0 saturated carbocycles. The lowest BCUT2D eigenvalue weighted by Crippen LogP contribution is -2.20. The molecule has 2 N–H and O–H groups in total. The van der Waals surface area contributed by atoms with Gasteiger partial charge in [0.2, 0.25) is 0 Å². The third kappa shape index (κ3) is 5.87. The van der Waals surface area contributed by atoms with E-state index in [0.29, 0.717) is 30.9 Å². The lowest BCUT2D eigenvalue weighted by Gasteiger charge is -2.18. The molecule has 3 atom stereocenters. The third-order valence-electron chi connectivity index (χ3n) is 6.32. The van der Waals surface area contributed by atoms with Gasteiger partial charge < -0.3 is 29.2 Å². The minimum atomic E-state index is -0.824. The number of hydrogen-bond acceptors (Lipinski definition) is 7. The van der Waals surface area contributed by atoms with Crippen molar-refractivity contribution in [3.63, 3.8) is 0 Å². The van der Waals surface area contributed by atoms with E-state index in [2.05, 4.69) is 0 Å². The van der Waals surface area contributed by atoms with Crippen LogP contribution >= 0.6 is 0 Å². The van der Waals surface area contributed by atoms with E-state index in [-0.39, 0.29) is 35.9 Å².